The summed E-state index contributed by atoms with van der Waals surface area (Å²) in [4.78, 5) is 22.2. The first kappa shape index (κ1) is 15.7. The van der Waals surface area contributed by atoms with E-state index in [1.165, 1.54) is 7.11 Å². The minimum atomic E-state index is -2.97. The molecule has 8 nitrogen and oxygen atoms in total. The van der Waals surface area contributed by atoms with E-state index in [9.17, 15) is 18.0 Å². The molecule has 1 rings (SSSR count). The minimum absolute atomic E-state index is 0.0632. The van der Waals surface area contributed by atoms with E-state index >= 15 is 0 Å². The summed E-state index contributed by atoms with van der Waals surface area (Å²) in [7, 11) is -1.64. The molecule has 0 saturated carbocycles. The zero-order chi connectivity index (χ0) is 14.5. The Morgan fingerprint density at radius 2 is 2.16 bits per heavy atom. The molecule has 3 N–H and O–H groups in total. The molecule has 0 aliphatic carbocycles. The molecule has 2 unspecified atom stereocenters. The van der Waals surface area contributed by atoms with Crippen molar-refractivity contribution in [3.05, 3.63) is 0 Å². The SMILES string of the molecule is COCC(NC(=O)NCC1CCS(=O)(=O)C1)C(=O)O. The Balaban J connectivity index is 2.33. The number of ether oxygens (including phenoxy) is 1. The van der Waals surface area contributed by atoms with Crippen molar-refractivity contribution >= 4 is 21.8 Å². The number of hydrogen-bond donors (Lipinski definition) is 3. The number of carbonyl (C=O) groups excluding carboxylic acids is 1. The van der Waals surface area contributed by atoms with Gasteiger partial charge in [0.25, 0.3) is 0 Å². The van der Waals surface area contributed by atoms with Crippen molar-refractivity contribution in [2.24, 2.45) is 5.92 Å². The lowest BCUT2D eigenvalue weighted by molar-refractivity contribution is -0.140. The van der Waals surface area contributed by atoms with Gasteiger partial charge in [-0.1, -0.05) is 0 Å². The fourth-order valence-corrected chi connectivity index (χ4v) is 3.68. The molecule has 19 heavy (non-hydrogen) atoms. The van der Waals surface area contributed by atoms with Crippen molar-refractivity contribution in [2.45, 2.75) is 12.5 Å². The Morgan fingerprint density at radius 1 is 1.47 bits per heavy atom. The molecule has 1 aliphatic heterocycles. The van der Waals surface area contributed by atoms with E-state index < -0.39 is 27.9 Å². The van der Waals surface area contributed by atoms with Crippen molar-refractivity contribution in [1.82, 2.24) is 10.6 Å². The number of sulfone groups is 1. The number of nitrogens with one attached hydrogen (secondary N) is 2. The van der Waals surface area contributed by atoms with Crippen LogP contribution in [0.1, 0.15) is 6.42 Å². The third-order valence-electron chi connectivity index (χ3n) is 2.81. The van der Waals surface area contributed by atoms with Crippen LogP contribution in [0, 0.1) is 5.92 Å². The molecule has 0 radical (unpaired) electrons. The molecule has 0 aromatic heterocycles. The van der Waals surface area contributed by atoms with Crippen LogP contribution in [0.2, 0.25) is 0 Å². The van der Waals surface area contributed by atoms with E-state index in [0.717, 1.165) is 0 Å². The van der Waals surface area contributed by atoms with Gasteiger partial charge in [0.1, 0.15) is 0 Å². The van der Waals surface area contributed by atoms with Gasteiger partial charge in [0.05, 0.1) is 18.1 Å². The topological polar surface area (TPSA) is 122 Å². The van der Waals surface area contributed by atoms with Crippen LogP contribution in [-0.2, 0) is 19.4 Å². The van der Waals surface area contributed by atoms with E-state index in [2.05, 4.69) is 15.4 Å². The van der Waals surface area contributed by atoms with Gasteiger partial charge in [-0.3, -0.25) is 0 Å². The highest BCUT2D eigenvalue weighted by molar-refractivity contribution is 7.91. The Hall–Kier alpha value is -1.35. The summed E-state index contributed by atoms with van der Waals surface area (Å²) in [6.45, 7) is 0.0744. The molecule has 1 fully saturated rings. The van der Waals surface area contributed by atoms with Gasteiger partial charge in [0.2, 0.25) is 0 Å². The molecule has 9 heteroatoms. The van der Waals surface area contributed by atoms with Gasteiger partial charge < -0.3 is 20.5 Å². The van der Waals surface area contributed by atoms with Gasteiger partial charge in [-0.2, -0.15) is 0 Å². The number of amides is 2. The monoisotopic (exact) mass is 294 g/mol. The zero-order valence-corrected chi connectivity index (χ0v) is 11.4. The van der Waals surface area contributed by atoms with Crippen molar-refractivity contribution in [3.63, 3.8) is 0 Å². The Morgan fingerprint density at radius 3 is 2.63 bits per heavy atom. The molecule has 110 valence electrons. The number of carboxylic acids is 1. The van der Waals surface area contributed by atoms with Crippen molar-refractivity contribution in [1.29, 1.82) is 0 Å². The molecule has 2 atom stereocenters. The first-order valence-electron chi connectivity index (χ1n) is 5.80. The molecular formula is C10H18N2O6S. The maximum Gasteiger partial charge on any atom is 0.328 e. The van der Waals surface area contributed by atoms with Crippen molar-refractivity contribution in [2.75, 3.05) is 31.8 Å². The molecule has 0 bridgehead atoms. The summed E-state index contributed by atoms with van der Waals surface area (Å²) in [5.74, 6) is -1.10. The van der Waals surface area contributed by atoms with Gasteiger partial charge in [-0.25, -0.2) is 18.0 Å². The summed E-state index contributed by atoms with van der Waals surface area (Å²) >= 11 is 0. The number of carboxylic acid groups (broad SMARTS) is 1. The molecule has 2 amide bonds. The second-order valence-electron chi connectivity index (χ2n) is 4.47. The van der Waals surface area contributed by atoms with Gasteiger partial charge in [-0.15, -0.1) is 0 Å². The molecule has 0 aromatic rings. The van der Waals surface area contributed by atoms with Crippen LogP contribution in [0.3, 0.4) is 0 Å². The van der Waals surface area contributed by atoms with Crippen LogP contribution >= 0.6 is 0 Å². The maximum absolute atomic E-state index is 11.5. The summed E-state index contributed by atoms with van der Waals surface area (Å²) < 4.78 is 27.1. The van der Waals surface area contributed by atoms with E-state index in [4.69, 9.17) is 5.11 Å². The Kier molecular flexibility index (Phi) is 5.55. The molecule has 0 aromatic carbocycles. The molecule has 1 aliphatic rings. The number of carbonyl (C=O) groups is 2. The predicted octanol–water partition coefficient (Wildman–Crippen LogP) is -1.18. The molecular weight excluding hydrogens is 276 g/mol. The number of methoxy groups -OCH3 is 1. The van der Waals surface area contributed by atoms with E-state index in [-0.39, 0.29) is 30.6 Å². The normalized spacial score (nSPS) is 22.7. The maximum atomic E-state index is 11.5. The fraction of sp³-hybridized carbons (Fsp3) is 0.800. The van der Waals surface area contributed by atoms with E-state index in [0.29, 0.717) is 6.42 Å². The third kappa shape index (κ3) is 5.43. The summed E-state index contributed by atoms with van der Waals surface area (Å²) in [5.41, 5.74) is 0. The van der Waals surface area contributed by atoms with Crippen LogP contribution in [-0.4, -0.2) is 63.3 Å². The van der Waals surface area contributed by atoms with Gasteiger partial charge in [0, 0.05) is 13.7 Å². The summed E-state index contributed by atoms with van der Waals surface area (Å²) in [6, 6.07) is -1.77. The zero-order valence-electron chi connectivity index (χ0n) is 10.6. The van der Waals surface area contributed by atoms with E-state index in [1.54, 1.807) is 0 Å². The average Bonchev–Trinajstić information content (AvgIpc) is 2.66. The predicted molar refractivity (Wildman–Crippen MR) is 66.6 cm³/mol. The van der Waals surface area contributed by atoms with Gasteiger partial charge >= 0.3 is 12.0 Å². The number of hydrogen-bond acceptors (Lipinski definition) is 5. The largest absolute Gasteiger partial charge is 0.480 e. The van der Waals surface area contributed by atoms with Crippen LogP contribution in [0.25, 0.3) is 0 Å². The molecule has 1 saturated heterocycles. The van der Waals surface area contributed by atoms with Crippen molar-refractivity contribution in [3.8, 4) is 0 Å². The number of rotatable bonds is 6. The third-order valence-corrected chi connectivity index (χ3v) is 4.65. The Bertz CT molecular complexity index is 435. The van der Waals surface area contributed by atoms with Gasteiger partial charge in [0.15, 0.2) is 15.9 Å². The highest BCUT2D eigenvalue weighted by atomic mass is 32.2. The highest BCUT2D eigenvalue weighted by Crippen LogP contribution is 2.17. The quantitative estimate of drug-likeness (QED) is 0.567. The first-order valence-corrected chi connectivity index (χ1v) is 7.62. The minimum Gasteiger partial charge on any atom is -0.480 e. The van der Waals surface area contributed by atoms with Crippen LogP contribution in [0.5, 0.6) is 0 Å². The van der Waals surface area contributed by atoms with Crippen LogP contribution in [0.15, 0.2) is 0 Å². The van der Waals surface area contributed by atoms with E-state index in [1.807, 2.05) is 0 Å². The molecule has 0 spiro atoms. The smallest absolute Gasteiger partial charge is 0.328 e. The Labute approximate surface area is 111 Å². The van der Waals surface area contributed by atoms with Crippen LogP contribution in [0.4, 0.5) is 4.79 Å². The second-order valence-corrected chi connectivity index (χ2v) is 6.70. The second kappa shape index (κ2) is 6.71. The van der Waals surface area contributed by atoms with Crippen LogP contribution < -0.4 is 10.6 Å². The number of aliphatic carboxylic acids is 1. The van der Waals surface area contributed by atoms with Crippen molar-refractivity contribution < 1.29 is 27.9 Å². The lowest BCUT2D eigenvalue weighted by Gasteiger charge is -2.15. The standard InChI is InChI=1S/C10H18N2O6S/c1-18-5-8(9(13)14)12-10(15)11-4-7-2-3-19(16,17)6-7/h7-8H,2-6H2,1H3,(H,13,14)(H2,11,12,15). The lowest BCUT2D eigenvalue weighted by atomic mass is 10.1. The summed E-state index contributed by atoms with van der Waals surface area (Å²) in [6.07, 6.45) is 0.517. The average molecular weight is 294 g/mol. The number of urea groups is 1. The summed E-state index contributed by atoms with van der Waals surface area (Å²) in [5, 5.41) is 13.5. The fourth-order valence-electron chi connectivity index (χ4n) is 1.82. The molecule has 1 heterocycles. The first-order chi connectivity index (χ1) is 8.84. The van der Waals surface area contributed by atoms with Gasteiger partial charge in [-0.05, 0) is 12.3 Å². The highest BCUT2D eigenvalue weighted by Gasteiger charge is 2.28. The lowest BCUT2D eigenvalue weighted by Crippen LogP contribution is -2.49.